The number of H-pyrrole nitrogens is 2. The van der Waals surface area contributed by atoms with Crippen molar-refractivity contribution >= 4 is 33.4 Å². The second-order valence-electron chi connectivity index (χ2n) is 13.2. The maximum absolute atomic E-state index is 15.0. The Labute approximate surface area is 246 Å². The molecule has 1 amide bonds. The van der Waals surface area contributed by atoms with Gasteiger partial charge in [0.15, 0.2) is 0 Å². The standard InChI is InChI=1S/C38H35N3O/c1-22-21-39-34-25(22)12-10-13-27(34)31-32(23-17-19-24(20-18-23)37(2,3)4)38(28-14-7-9-16-30(28)41(5)36(38)42)33-26-11-6-8-15-29(26)40-35(31)33/h6-21,31-32,39-40H,1-5H3/t31-,32-,38+/m0/s1. The Hall–Kier alpha value is -4.57. The summed E-state index contributed by atoms with van der Waals surface area (Å²) < 4.78 is 0. The Morgan fingerprint density at radius 2 is 1.55 bits per heavy atom. The van der Waals surface area contributed by atoms with Crippen molar-refractivity contribution in [2.24, 2.45) is 0 Å². The summed E-state index contributed by atoms with van der Waals surface area (Å²) in [5, 5.41) is 2.35. The third-order valence-corrected chi connectivity index (χ3v) is 10.00. The van der Waals surface area contributed by atoms with Crippen LogP contribution in [-0.4, -0.2) is 22.9 Å². The number of hydrogen-bond donors (Lipinski definition) is 2. The second kappa shape index (κ2) is 8.48. The highest BCUT2D eigenvalue weighted by Crippen LogP contribution is 2.66. The van der Waals surface area contributed by atoms with E-state index >= 15 is 4.79 Å². The first-order valence-corrected chi connectivity index (χ1v) is 14.9. The highest BCUT2D eigenvalue weighted by atomic mass is 16.2. The zero-order chi connectivity index (χ0) is 29.0. The molecule has 0 unspecified atom stereocenters. The van der Waals surface area contributed by atoms with Gasteiger partial charge in [-0.15, -0.1) is 0 Å². The number of benzene rings is 4. The van der Waals surface area contributed by atoms with Gasteiger partial charge < -0.3 is 14.9 Å². The first-order chi connectivity index (χ1) is 20.2. The normalized spacial score (nSPS) is 21.5. The maximum atomic E-state index is 15.0. The number of carbonyl (C=O) groups is 1. The molecule has 8 rings (SSSR count). The molecule has 1 spiro atoms. The monoisotopic (exact) mass is 549 g/mol. The average Bonchev–Trinajstić information content (AvgIpc) is 3.70. The molecule has 1 aliphatic heterocycles. The predicted molar refractivity (Wildman–Crippen MR) is 172 cm³/mol. The zero-order valence-corrected chi connectivity index (χ0v) is 24.7. The maximum Gasteiger partial charge on any atom is 0.242 e. The minimum absolute atomic E-state index is 0.0369. The number of carbonyl (C=O) groups excluding carboxylic acids is 1. The number of likely N-dealkylation sites (N-methyl/N-ethyl adjacent to an activating group) is 1. The van der Waals surface area contributed by atoms with Gasteiger partial charge in [0.25, 0.3) is 0 Å². The molecule has 42 heavy (non-hydrogen) atoms. The Bertz CT molecular complexity index is 2040. The van der Waals surface area contributed by atoms with E-state index < -0.39 is 5.41 Å². The lowest BCUT2D eigenvalue weighted by atomic mass is 9.64. The van der Waals surface area contributed by atoms with Gasteiger partial charge in [0.1, 0.15) is 5.41 Å². The summed E-state index contributed by atoms with van der Waals surface area (Å²) in [4.78, 5) is 24.4. The summed E-state index contributed by atoms with van der Waals surface area (Å²) in [5.41, 5.74) is 10.6. The molecule has 3 heterocycles. The lowest BCUT2D eigenvalue weighted by Crippen LogP contribution is -2.43. The van der Waals surface area contributed by atoms with Gasteiger partial charge in [0.2, 0.25) is 5.91 Å². The molecule has 4 aromatic carbocycles. The molecule has 0 bridgehead atoms. The van der Waals surface area contributed by atoms with Crippen molar-refractivity contribution in [3.05, 3.63) is 136 Å². The first kappa shape index (κ1) is 25.2. The SMILES string of the molecule is Cc1c[nH]c2c([C@@H]3c4[nH]c5ccccc5c4[C@]4(C(=O)N(C)c5ccccc54)[C@H]3c3ccc(C(C)(C)C)cc3)cccc12. The quantitative estimate of drug-likeness (QED) is 0.224. The molecule has 2 aliphatic rings. The summed E-state index contributed by atoms with van der Waals surface area (Å²) >= 11 is 0. The van der Waals surface area contributed by atoms with Crippen LogP contribution in [0.5, 0.6) is 0 Å². The van der Waals surface area contributed by atoms with E-state index in [1.54, 1.807) is 0 Å². The number of hydrogen-bond acceptors (Lipinski definition) is 1. The molecular weight excluding hydrogens is 514 g/mol. The topological polar surface area (TPSA) is 51.9 Å². The summed E-state index contributed by atoms with van der Waals surface area (Å²) in [6, 6.07) is 32.6. The number of nitrogens with zero attached hydrogens (tertiary/aromatic N) is 1. The number of aromatic amines is 2. The Kier molecular flexibility index (Phi) is 5.08. The van der Waals surface area contributed by atoms with Crippen LogP contribution in [0.4, 0.5) is 5.69 Å². The third kappa shape index (κ3) is 3.10. The van der Waals surface area contributed by atoms with Gasteiger partial charge in [-0.25, -0.2) is 0 Å². The largest absolute Gasteiger partial charge is 0.361 e. The Morgan fingerprint density at radius 3 is 2.33 bits per heavy atom. The highest BCUT2D eigenvalue weighted by Gasteiger charge is 2.65. The minimum atomic E-state index is -0.877. The molecule has 0 saturated carbocycles. The van der Waals surface area contributed by atoms with Gasteiger partial charge in [0.05, 0.1) is 0 Å². The van der Waals surface area contributed by atoms with Crippen LogP contribution in [0.25, 0.3) is 21.8 Å². The van der Waals surface area contributed by atoms with Crippen LogP contribution in [0.3, 0.4) is 0 Å². The number of aromatic nitrogens is 2. The number of nitrogens with one attached hydrogen (secondary N) is 2. The summed E-state index contributed by atoms with van der Waals surface area (Å²) in [5.74, 6) is -0.0831. The molecule has 3 atom stereocenters. The van der Waals surface area contributed by atoms with Crippen LogP contribution in [0.2, 0.25) is 0 Å². The predicted octanol–water partition coefficient (Wildman–Crippen LogP) is 8.45. The molecule has 0 radical (unpaired) electrons. The van der Waals surface area contributed by atoms with Crippen LogP contribution in [-0.2, 0) is 15.6 Å². The first-order valence-electron chi connectivity index (χ1n) is 14.9. The van der Waals surface area contributed by atoms with Crippen LogP contribution < -0.4 is 4.90 Å². The van der Waals surface area contributed by atoms with E-state index in [4.69, 9.17) is 0 Å². The Balaban J connectivity index is 1.52. The van der Waals surface area contributed by atoms with Gasteiger partial charge in [0, 0.05) is 63.8 Å². The van der Waals surface area contributed by atoms with Crippen molar-refractivity contribution in [3.63, 3.8) is 0 Å². The van der Waals surface area contributed by atoms with Crippen LogP contribution in [0.15, 0.2) is 97.2 Å². The summed E-state index contributed by atoms with van der Waals surface area (Å²) in [6.07, 6.45) is 2.10. The smallest absolute Gasteiger partial charge is 0.242 e. The molecular formula is C38H35N3O. The van der Waals surface area contributed by atoms with E-state index in [1.807, 2.05) is 18.0 Å². The summed E-state index contributed by atoms with van der Waals surface area (Å²) in [6.45, 7) is 8.90. The fourth-order valence-corrected chi connectivity index (χ4v) is 8.07. The molecule has 2 N–H and O–H groups in total. The summed E-state index contributed by atoms with van der Waals surface area (Å²) in [7, 11) is 1.94. The van der Waals surface area contributed by atoms with Gasteiger partial charge in [-0.05, 0) is 52.3 Å². The lowest BCUT2D eigenvalue weighted by Gasteiger charge is -2.35. The molecule has 0 fully saturated rings. The molecule has 2 aromatic heterocycles. The highest BCUT2D eigenvalue weighted by molar-refractivity contribution is 6.14. The molecule has 208 valence electrons. The van der Waals surface area contributed by atoms with Crippen molar-refractivity contribution in [1.29, 1.82) is 0 Å². The fourth-order valence-electron chi connectivity index (χ4n) is 8.07. The van der Waals surface area contributed by atoms with Crippen LogP contribution in [0, 0.1) is 6.92 Å². The Morgan fingerprint density at radius 1 is 0.833 bits per heavy atom. The number of para-hydroxylation sites is 3. The van der Waals surface area contributed by atoms with Crippen LogP contribution in [0.1, 0.15) is 71.7 Å². The van der Waals surface area contributed by atoms with E-state index in [1.165, 1.54) is 27.6 Å². The molecule has 4 heteroatoms. The molecule has 0 saturated heterocycles. The molecule has 4 nitrogen and oxygen atoms in total. The van der Waals surface area contributed by atoms with E-state index in [0.717, 1.165) is 38.9 Å². The van der Waals surface area contributed by atoms with Crippen molar-refractivity contribution in [2.45, 2.75) is 50.4 Å². The molecule has 1 aliphatic carbocycles. The van der Waals surface area contributed by atoms with Gasteiger partial charge >= 0.3 is 0 Å². The van der Waals surface area contributed by atoms with Gasteiger partial charge in [-0.2, -0.15) is 0 Å². The number of rotatable bonds is 2. The average molecular weight is 550 g/mol. The number of aryl methyl sites for hydroxylation is 1. The number of fused-ring (bicyclic) bond motifs is 7. The van der Waals surface area contributed by atoms with Crippen molar-refractivity contribution in [2.75, 3.05) is 11.9 Å². The van der Waals surface area contributed by atoms with E-state index in [9.17, 15) is 0 Å². The van der Waals surface area contributed by atoms with Crippen molar-refractivity contribution in [3.8, 4) is 0 Å². The third-order valence-electron chi connectivity index (χ3n) is 10.00. The van der Waals surface area contributed by atoms with E-state index in [2.05, 4.69) is 129 Å². The van der Waals surface area contributed by atoms with Crippen molar-refractivity contribution < 1.29 is 4.79 Å². The number of anilines is 1. The van der Waals surface area contributed by atoms with Crippen molar-refractivity contribution in [1.82, 2.24) is 9.97 Å². The van der Waals surface area contributed by atoms with E-state index in [0.29, 0.717) is 0 Å². The van der Waals surface area contributed by atoms with Crippen LogP contribution >= 0.6 is 0 Å². The lowest BCUT2D eigenvalue weighted by molar-refractivity contribution is -0.122. The minimum Gasteiger partial charge on any atom is -0.361 e. The second-order valence-corrected chi connectivity index (χ2v) is 13.2. The van der Waals surface area contributed by atoms with Gasteiger partial charge in [-0.1, -0.05) is 99.6 Å². The van der Waals surface area contributed by atoms with Gasteiger partial charge in [-0.3, -0.25) is 4.79 Å². The number of amides is 1. The fraction of sp³-hybridized carbons (Fsp3) is 0.237. The molecule has 6 aromatic rings. The zero-order valence-electron chi connectivity index (χ0n) is 24.7. The van der Waals surface area contributed by atoms with E-state index in [-0.39, 0.29) is 23.2 Å².